The second kappa shape index (κ2) is 4.72. The average molecular weight is 243 g/mol. The fourth-order valence-corrected chi connectivity index (χ4v) is 14.3. The first-order chi connectivity index (χ1) is 7.12. The lowest BCUT2D eigenvalue weighted by molar-refractivity contribution is 0.472. The van der Waals surface area contributed by atoms with Gasteiger partial charge in [-0.25, -0.2) is 0 Å². The molecule has 2 fully saturated rings. The SMILES string of the molecule is C[Si]1(O[Si]2(C)CCCCC2)CCCCC1. The maximum absolute atomic E-state index is 6.78. The second-order valence-corrected chi connectivity index (χ2v) is 14.7. The molecule has 2 rings (SSSR count). The van der Waals surface area contributed by atoms with E-state index in [9.17, 15) is 0 Å². The Hall–Kier alpha value is 0.394. The molecule has 0 N–H and O–H groups in total. The molecule has 2 aliphatic rings. The van der Waals surface area contributed by atoms with Crippen LogP contribution in [0.1, 0.15) is 38.5 Å². The summed E-state index contributed by atoms with van der Waals surface area (Å²) in [6.07, 6.45) is 8.73. The van der Waals surface area contributed by atoms with E-state index >= 15 is 0 Å². The van der Waals surface area contributed by atoms with Crippen LogP contribution in [0.3, 0.4) is 0 Å². The van der Waals surface area contributed by atoms with E-state index in [0.29, 0.717) is 0 Å². The van der Waals surface area contributed by atoms with Crippen LogP contribution in [0, 0.1) is 0 Å². The lowest BCUT2D eigenvalue weighted by Crippen LogP contribution is -2.49. The first-order valence-electron chi connectivity index (χ1n) is 6.82. The highest BCUT2D eigenvalue weighted by atomic mass is 28.4. The van der Waals surface area contributed by atoms with E-state index in [4.69, 9.17) is 4.12 Å². The first kappa shape index (κ1) is 11.9. The molecule has 0 unspecified atom stereocenters. The normalized spacial score (nSPS) is 30.0. The molecule has 0 aromatic carbocycles. The number of hydrogen-bond acceptors (Lipinski definition) is 1. The van der Waals surface area contributed by atoms with Crippen molar-refractivity contribution in [1.82, 2.24) is 0 Å². The second-order valence-electron chi connectivity index (χ2n) is 6.12. The van der Waals surface area contributed by atoms with Gasteiger partial charge in [-0.15, -0.1) is 0 Å². The van der Waals surface area contributed by atoms with Gasteiger partial charge in [0.2, 0.25) is 0 Å². The Morgan fingerprint density at radius 1 is 0.600 bits per heavy atom. The summed E-state index contributed by atoms with van der Waals surface area (Å²) in [6.45, 7) is 5.03. The van der Waals surface area contributed by atoms with Gasteiger partial charge in [-0.3, -0.25) is 0 Å². The van der Waals surface area contributed by atoms with E-state index in [1.807, 2.05) is 0 Å². The van der Waals surface area contributed by atoms with E-state index in [2.05, 4.69) is 13.1 Å². The molecule has 2 saturated heterocycles. The van der Waals surface area contributed by atoms with Crippen molar-refractivity contribution in [3.8, 4) is 0 Å². The summed E-state index contributed by atoms with van der Waals surface area (Å²) in [5.74, 6) is 0. The van der Waals surface area contributed by atoms with Crippen LogP contribution in [0.25, 0.3) is 0 Å². The minimum absolute atomic E-state index is 1.23. The monoisotopic (exact) mass is 242 g/mol. The molecule has 0 aliphatic carbocycles. The Balaban J connectivity index is 1.93. The highest BCUT2D eigenvalue weighted by molar-refractivity contribution is 6.86. The van der Waals surface area contributed by atoms with Crippen LogP contribution in [0.4, 0.5) is 0 Å². The van der Waals surface area contributed by atoms with E-state index in [-0.39, 0.29) is 0 Å². The van der Waals surface area contributed by atoms with Gasteiger partial charge in [0.25, 0.3) is 0 Å². The molecular formula is C12H26OSi2. The maximum atomic E-state index is 6.78. The third-order valence-electron chi connectivity index (χ3n) is 4.32. The third-order valence-corrected chi connectivity index (χ3v) is 13.9. The van der Waals surface area contributed by atoms with Gasteiger partial charge in [0, 0.05) is 0 Å². The largest absolute Gasteiger partial charge is 0.455 e. The lowest BCUT2D eigenvalue weighted by atomic mass is 10.3. The van der Waals surface area contributed by atoms with Gasteiger partial charge in [-0.1, -0.05) is 38.5 Å². The van der Waals surface area contributed by atoms with Crippen molar-refractivity contribution in [2.45, 2.75) is 75.8 Å². The Bertz CT molecular complexity index is 184. The van der Waals surface area contributed by atoms with Crippen molar-refractivity contribution in [3.05, 3.63) is 0 Å². The van der Waals surface area contributed by atoms with Gasteiger partial charge in [-0.2, -0.15) is 0 Å². The summed E-state index contributed by atoms with van der Waals surface area (Å²) in [5, 5.41) is 0. The molecule has 3 heteroatoms. The highest BCUT2D eigenvalue weighted by Gasteiger charge is 2.40. The molecule has 0 aromatic heterocycles. The van der Waals surface area contributed by atoms with Gasteiger partial charge in [0.05, 0.1) is 0 Å². The van der Waals surface area contributed by atoms with Crippen LogP contribution in [0.5, 0.6) is 0 Å². The maximum Gasteiger partial charge on any atom is 0.176 e. The summed E-state index contributed by atoms with van der Waals surface area (Å²) in [6, 6.07) is 5.82. The molecule has 2 heterocycles. The highest BCUT2D eigenvalue weighted by Crippen LogP contribution is 2.37. The Morgan fingerprint density at radius 2 is 0.933 bits per heavy atom. The van der Waals surface area contributed by atoms with Crippen molar-refractivity contribution >= 4 is 16.6 Å². The quantitative estimate of drug-likeness (QED) is 0.647. The molecular weight excluding hydrogens is 216 g/mol. The average Bonchev–Trinajstić information content (AvgIpc) is 2.18. The van der Waals surface area contributed by atoms with E-state index in [1.165, 1.54) is 62.7 Å². The van der Waals surface area contributed by atoms with Crippen molar-refractivity contribution in [2.24, 2.45) is 0 Å². The molecule has 0 aromatic rings. The first-order valence-corrected chi connectivity index (χ1v) is 12.5. The van der Waals surface area contributed by atoms with Crippen LogP contribution in [0.15, 0.2) is 0 Å². The van der Waals surface area contributed by atoms with Crippen LogP contribution >= 0.6 is 0 Å². The molecule has 0 radical (unpaired) electrons. The third kappa shape index (κ3) is 3.17. The Kier molecular flexibility index (Phi) is 3.73. The molecule has 88 valence electrons. The molecule has 0 amide bonds. The minimum atomic E-state index is -1.23. The van der Waals surface area contributed by atoms with E-state index < -0.39 is 16.6 Å². The molecule has 1 nitrogen and oxygen atoms in total. The predicted octanol–water partition coefficient (Wildman–Crippen LogP) is 4.52. The molecule has 0 spiro atoms. The van der Waals surface area contributed by atoms with Crippen LogP contribution < -0.4 is 0 Å². The predicted molar refractivity (Wildman–Crippen MR) is 71.3 cm³/mol. The van der Waals surface area contributed by atoms with E-state index in [0.717, 1.165) is 0 Å². The molecule has 0 saturated carbocycles. The lowest BCUT2D eigenvalue weighted by Gasteiger charge is -2.42. The minimum Gasteiger partial charge on any atom is -0.455 e. The van der Waals surface area contributed by atoms with Gasteiger partial charge in [-0.05, 0) is 37.3 Å². The van der Waals surface area contributed by atoms with Crippen molar-refractivity contribution in [1.29, 1.82) is 0 Å². The molecule has 0 atom stereocenters. The Labute approximate surface area is 96.9 Å². The van der Waals surface area contributed by atoms with Crippen LogP contribution in [0.2, 0.25) is 37.3 Å². The van der Waals surface area contributed by atoms with Gasteiger partial charge in [0.1, 0.15) is 0 Å². The summed E-state index contributed by atoms with van der Waals surface area (Å²) in [4.78, 5) is 0. The van der Waals surface area contributed by atoms with Crippen molar-refractivity contribution < 1.29 is 4.12 Å². The fourth-order valence-electron chi connectivity index (χ4n) is 3.40. The standard InChI is InChI=1S/C12H26OSi2/c1-14(9-5-3-6-10-14)13-15(2)11-7-4-8-12-15/h3-12H2,1-2H3. The number of rotatable bonds is 2. The fraction of sp³-hybridized carbons (Fsp3) is 1.00. The Morgan fingerprint density at radius 3 is 1.27 bits per heavy atom. The molecule has 0 bridgehead atoms. The summed E-state index contributed by atoms with van der Waals surface area (Å²) < 4.78 is 6.78. The summed E-state index contributed by atoms with van der Waals surface area (Å²) >= 11 is 0. The van der Waals surface area contributed by atoms with Crippen LogP contribution in [-0.2, 0) is 4.12 Å². The summed E-state index contributed by atoms with van der Waals surface area (Å²) in [7, 11) is -2.47. The molecule has 15 heavy (non-hydrogen) atoms. The van der Waals surface area contributed by atoms with Crippen molar-refractivity contribution in [2.75, 3.05) is 0 Å². The smallest absolute Gasteiger partial charge is 0.176 e. The van der Waals surface area contributed by atoms with Crippen molar-refractivity contribution in [3.63, 3.8) is 0 Å². The number of hydrogen-bond donors (Lipinski definition) is 0. The van der Waals surface area contributed by atoms with Gasteiger partial charge in [0.15, 0.2) is 16.6 Å². The van der Waals surface area contributed by atoms with E-state index in [1.54, 1.807) is 0 Å². The zero-order valence-electron chi connectivity index (χ0n) is 10.5. The van der Waals surface area contributed by atoms with Crippen LogP contribution in [-0.4, -0.2) is 16.6 Å². The summed E-state index contributed by atoms with van der Waals surface area (Å²) in [5.41, 5.74) is 0. The van der Waals surface area contributed by atoms with Gasteiger partial charge >= 0.3 is 0 Å². The topological polar surface area (TPSA) is 9.23 Å². The van der Waals surface area contributed by atoms with Gasteiger partial charge < -0.3 is 4.12 Å². The zero-order chi connectivity index (χ0) is 10.8. The molecule has 2 aliphatic heterocycles. The zero-order valence-corrected chi connectivity index (χ0v) is 12.5.